The van der Waals surface area contributed by atoms with Crippen LogP contribution in [0.3, 0.4) is 0 Å². The van der Waals surface area contributed by atoms with Crippen molar-refractivity contribution < 1.29 is 17.9 Å². The second-order valence-corrected chi connectivity index (χ2v) is 9.61. The average molecular weight is 426 g/mol. The molecule has 2 aromatic carbocycles. The predicted octanol–water partition coefficient (Wildman–Crippen LogP) is 3.24. The molecule has 30 heavy (non-hydrogen) atoms. The van der Waals surface area contributed by atoms with E-state index in [4.69, 9.17) is 4.74 Å². The quantitative estimate of drug-likeness (QED) is 0.655. The Morgan fingerprint density at radius 3 is 2.60 bits per heavy atom. The third-order valence-electron chi connectivity index (χ3n) is 5.08. The Labute approximate surface area is 175 Å². The smallest absolute Gasteiger partial charge is 0.263 e. The number of anilines is 1. The highest BCUT2D eigenvalue weighted by molar-refractivity contribution is 7.91. The van der Waals surface area contributed by atoms with E-state index >= 15 is 0 Å². The summed E-state index contributed by atoms with van der Waals surface area (Å²) in [6.45, 7) is 1.76. The minimum absolute atomic E-state index is 0.0193. The number of nitrogens with zero attached hydrogens (tertiary/aromatic N) is 2. The first-order valence-electron chi connectivity index (χ1n) is 9.75. The number of benzene rings is 2. The molecule has 1 aromatic heterocycles. The number of hydrogen-bond donors (Lipinski definition) is 1. The lowest BCUT2D eigenvalue weighted by Gasteiger charge is -2.14. The van der Waals surface area contributed by atoms with Crippen LogP contribution in [0.1, 0.15) is 18.0 Å². The molecule has 1 aliphatic heterocycles. The van der Waals surface area contributed by atoms with Gasteiger partial charge in [-0.2, -0.15) is 5.10 Å². The van der Waals surface area contributed by atoms with Gasteiger partial charge in [0.15, 0.2) is 16.4 Å². The molecule has 0 saturated carbocycles. The van der Waals surface area contributed by atoms with Crippen molar-refractivity contribution in [3.05, 3.63) is 66.2 Å². The van der Waals surface area contributed by atoms with Gasteiger partial charge in [-0.05, 0) is 25.0 Å². The summed E-state index contributed by atoms with van der Waals surface area (Å²) in [4.78, 5) is 12.5. The van der Waals surface area contributed by atoms with E-state index in [2.05, 4.69) is 10.4 Å². The van der Waals surface area contributed by atoms with Crippen LogP contribution in [0.4, 0.5) is 5.82 Å². The van der Waals surface area contributed by atoms with Gasteiger partial charge >= 0.3 is 0 Å². The maximum absolute atomic E-state index is 12.5. The Morgan fingerprint density at radius 1 is 1.17 bits per heavy atom. The lowest BCUT2D eigenvalue weighted by Crippen LogP contribution is -2.24. The summed E-state index contributed by atoms with van der Waals surface area (Å²) in [6, 6.07) is 18.5. The van der Waals surface area contributed by atoms with Gasteiger partial charge in [-0.1, -0.05) is 48.5 Å². The molecule has 1 aliphatic rings. The zero-order valence-corrected chi connectivity index (χ0v) is 17.4. The van der Waals surface area contributed by atoms with E-state index < -0.39 is 9.84 Å². The molecule has 0 radical (unpaired) electrons. The molecule has 1 atom stereocenters. The zero-order valence-electron chi connectivity index (χ0n) is 16.6. The summed E-state index contributed by atoms with van der Waals surface area (Å²) in [5.74, 6) is 0.926. The third kappa shape index (κ3) is 4.54. The van der Waals surface area contributed by atoms with Crippen molar-refractivity contribution in [3.63, 3.8) is 0 Å². The molecule has 0 unspecified atom stereocenters. The van der Waals surface area contributed by atoms with Crippen molar-refractivity contribution in [2.24, 2.45) is 0 Å². The Balaban J connectivity index is 1.55. The highest BCUT2D eigenvalue weighted by atomic mass is 32.2. The van der Waals surface area contributed by atoms with Crippen molar-refractivity contribution in [1.82, 2.24) is 9.78 Å². The normalized spacial score (nSPS) is 17.6. The molecule has 0 spiro atoms. The molecular weight excluding hydrogens is 402 g/mol. The average Bonchev–Trinajstić information content (AvgIpc) is 3.31. The second-order valence-electron chi connectivity index (χ2n) is 7.38. The third-order valence-corrected chi connectivity index (χ3v) is 6.83. The topological polar surface area (TPSA) is 90.3 Å². The molecule has 156 valence electrons. The van der Waals surface area contributed by atoms with Crippen LogP contribution in [-0.4, -0.2) is 42.2 Å². The number of sulfone groups is 1. The van der Waals surface area contributed by atoms with Gasteiger partial charge < -0.3 is 10.1 Å². The van der Waals surface area contributed by atoms with Crippen molar-refractivity contribution in [1.29, 1.82) is 0 Å². The minimum Gasteiger partial charge on any atom is -0.483 e. The van der Waals surface area contributed by atoms with Crippen LogP contribution in [0.25, 0.3) is 11.3 Å². The number of para-hydroxylation sites is 1. The number of nitrogens with one attached hydrogen (secondary N) is 1. The summed E-state index contributed by atoms with van der Waals surface area (Å²) in [7, 11) is -3.09. The largest absolute Gasteiger partial charge is 0.483 e. The van der Waals surface area contributed by atoms with E-state index in [1.807, 2.05) is 61.5 Å². The number of aryl methyl sites for hydroxylation is 1. The van der Waals surface area contributed by atoms with E-state index in [-0.39, 0.29) is 30.1 Å². The molecule has 4 rings (SSSR count). The standard InChI is InChI=1S/C22H23N3O4S/c1-16-7-5-6-10-20(16)29-14-22(26)23-21-13-19(17-8-3-2-4-9-17)24-25(21)18-11-12-30(27,28)15-18/h2-10,13,18H,11-12,14-15H2,1H3,(H,23,26)/t18-/m1/s1. The number of aromatic nitrogens is 2. The first-order valence-corrected chi connectivity index (χ1v) is 11.6. The van der Waals surface area contributed by atoms with Crippen LogP contribution in [0.5, 0.6) is 5.75 Å². The Bertz CT molecular complexity index is 1160. The van der Waals surface area contributed by atoms with Gasteiger partial charge in [0.1, 0.15) is 11.6 Å². The zero-order chi connectivity index (χ0) is 21.1. The molecule has 0 bridgehead atoms. The van der Waals surface area contributed by atoms with E-state index in [1.54, 1.807) is 10.7 Å². The molecule has 8 heteroatoms. The van der Waals surface area contributed by atoms with Gasteiger partial charge in [0, 0.05) is 11.6 Å². The molecule has 7 nitrogen and oxygen atoms in total. The number of carbonyl (C=O) groups excluding carboxylic acids is 1. The molecule has 1 saturated heterocycles. The number of ether oxygens (including phenoxy) is 1. The number of hydrogen-bond acceptors (Lipinski definition) is 5. The fourth-order valence-corrected chi connectivity index (χ4v) is 5.22. The van der Waals surface area contributed by atoms with Crippen molar-refractivity contribution >= 4 is 21.6 Å². The van der Waals surface area contributed by atoms with Gasteiger partial charge in [0.05, 0.1) is 23.2 Å². The van der Waals surface area contributed by atoms with Crippen LogP contribution >= 0.6 is 0 Å². The molecule has 3 aromatic rings. The number of rotatable bonds is 6. The van der Waals surface area contributed by atoms with Crippen LogP contribution in [0.15, 0.2) is 60.7 Å². The molecule has 1 amide bonds. The van der Waals surface area contributed by atoms with Crippen molar-refractivity contribution in [2.45, 2.75) is 19.4 Å². The SMILES string of the molecule is Cc1ccccc1OCC(=O)Nc1cc(-c2ccccc2)nn1[C@@H]1CCS(=O)(=O)C1. The Morgan fingerprint density at radius 2 is 1.90 bits per heavy atom. The monoisotopic (exact) mass is 425 g/mol. The van der Waals surface area contributed by atoms with E-state index in [0.29, 0.717) is 23.7 Å². The summed E-state index contributed by atoms with van der Waals surface area (Å²) in [5.41, 5.74) is 2.51. The molecular formula is C22H23N3O4S. The molecule has 0 aliphatic carbocycles. The van der Waals surface area contributed by atoms with E-state index in [1.165, 1.54) is 0 Å². The van der Waals surface area contributed by atoms with Gasteiger partial charge in [-0.15, -0.1) is 0 Å². The molecule has 1 N–H and O–H groups in total. The predicted molar refractivity (Wildman–Crippen MR) is 115 cm³/mol. The van der Waals surface area contributed by atoms with E-state index in [9.17, 15) is 13.2 Å². The van der Waals surface area contributed by atoms with Crippen molar-refractivity contribution in [2.75, 3.05) is 23.4 Å². The highest BCUT2D eigenvalue weighted by Gasteiger charge is 2.31. The van der Waals surface area contributed by atoms with Gasteiger partial charge in [0.25, 0.3) is 5.91 Å². The molecule has 2 heterocycles. The Kier molecular flexibility index (Phi) is 5.59. The van der Waals surface area contributed by atoms with Gasteiger partial charge in [0.2, 0.25) is 0 Å². The van der Waals surface area contributed by atoms with Crippen molar-refractivity contribution in [3.8, 4) is 17.0 Å². The van der Waals surface area contributed by atoms with Crippen LogP contribution in [0, 0.1) is 6.92 Å². The first kappa shape index (κ1) is 20.2. The first-order chi connectivity index (χ1) is 14.4. The number of carbonyl (C=O) groups is 1. The van der Waals surface area contributed by atoms with Gasteiger partial charge in [-0.3, -0.25) is 4.79 Å². The summed E-state index contributed by atoms with van der Waals surface area (Å²) in [5, 5.41) is 7.45. The summed E-state index contributed by atoms with van der Waals surface area (Å²) < 4.78 is 31.2. The summed E-state index contributed by atoms with van der Waals surface area (Å²) in [6.07, 6.45) is 0.473. The summed E-state index contributed by atoms with van der Waals surface area (Å²) >= 11 is 0. The van der Waals surface area contributed by atoms with Gasteiger partial charge in [-0.25, -0.2) is 13.1 Å². The van der Waals surface area contributed by atoms with E-state index in [0.717, 1.165) is 11.1 Å². The van der Waals surface area contributed by atoms with Crippen LogP contribution in [-0.2, 0) is 14.6 Å². The fraction of sp³-hybridized carbons (Fsp3) is 0.273. The Hall–Kier alpha value is -3.13. The maximum Gasteiger partial charge on any atom is 0.263 e. The fourth-order valence-electron chi connectivity index (χ4n) is 3.52. The lowest BCUT2D eigenvalue weighted by atomic mass is 10.1. The van der Waals surface area contributed by atoms with Crippen LogP contribution in [0.2, 0.25) is 0 Å². The minimum atomic E-state index is -3.09. The highest BCUT2D eigenvalue weighted by Crippen LogP contribution is 2.30. The second kappa shape index (κ2) is 8.31. The lowest BCUT2D eigenvalue weighted by molar-refractivity contribution is -0.118. The number of amides is 1. The maximum atomic E-state index is 12.5. The van der Waals surface area contributed by atoms with Crippen LogP contribution < -0.4 is 10.1 Å². The molecule has 1 fully saturated rings.